The topological polar surface area (TPSA) is 38.3 Å². The number of carbonyl (C=O) groups excluding carboxylic acids is 1. The van der Waals surface area contributed by atoms with Crippen molar-refractivity contribution in [2.75, 3.05) is 6.54 Å². The third kappa shape index (κ3) is 6.48. The summed E-state index contributed by atoms with van der Waals surface area (Å²) in [5, 5.41) is 2.72. The fraction of sp³-hybridized carbons (Fsp3) is 0.125. The first kappa shape index (κ1) is 18.5. The smallest absolute Gasteiger partial charge is 0.407 e. The lowest BCUT2D eigenvalue weighted by Gasteiger charge is -2.05. The number of rotatable bonds is 7. The molecule has 1 amide bonds. The molecular formula is C24H23NO2. The maximum atomic E-state index is 11.7. The molecule has 0 aliphatic carbocycles. The molecule has 0 bridgehead atoms. The SMILES string of the molecule is O=C(NCC=Cc1ccc(Cc2ccccc2)cc1)OCc1ccccc1. The molecule has 0 radical (unpaired) electrons. The summed E-state index contributed by atoms with van der Waals surface area (Å²) < 4.78 is 5.17. The van der Waals surface area contributed by atoms with Crippen molar-refractivity contribution in [2.24, 2.45) is 0 Å². The summed E-state index contributed by atoms with van der Waals surface area (Å²) in [4.78, 5) is 11.7. The van der Waals surface area contributed by atoms with Gasteiger partial charge in [-0.1, -0.05) is 97.1 Å². The van der Waals surface area contributed by atoms with Crippen LogP contribution in [0, 0.1) is 0 Å². The largest absolute Gasteiger partial charge is 0.445 e. The molecule has 0 aromatic heterocycles. The Morgan fingerprint density at radius 2 is 1.37 bits per heavy atom. The van der Waals surface area contributed by atoms with Gasteiger partial charge >= 0.3 is 6.09 Å². The lowest BCUT2D eigenvalue weighted by Crippen LogP contribution is -2.24. The normalized spacial score (nSPS) is 10.7. The summed E-state index contributed by atoms with van der Waals surface area (Å²) in [7, 11) is 0. The molecule has 0 aliphatic rings. The van der Waals surface area contributed by atoms with Gasteiger partial charge in [0.05, 0.1) is 0 Å². The number of benzene rings is 3. The number of hydrogen-bond acceptors (Lipinski definition) is 2. The Bertz CT molecular complexity index is 856. The van der Waals surface area contributed by atoms with E-state index >= 15 is 0 Å². The van der Waals surface area contributed by atoms with Gasteiger partial charge in [0.1, 0.15) is 6.61 Å². The molecule has 0 heterocycles. The Balaban J connectivity index is 1.39. The van der Waals surface area contributed by atoms with Crippen LogP contribution in [-0.2, 0) is 17.8 Å². The van der Waals surface area contributed by atoms with Gasteiger partial charge in [-0.3, -0.25) is 0 Å². The maximum absolute atomic E-state index is 11.7. The van der Waals surface area contributed by atoms with Crippen LogP contribution in [0.3, 0.4) is 0 Å². The summed E-state index contributed by atoms with van der Waals surface area (Å²) in [5.74, 6) is 0. The number of alkyl carbamates (subject to hydrolysis) is 1. The van der Waals surface area contributed by atoms with Crippen LogP contribution in [0.1, 0.15) is 22.3 Å². The van der Waals surface area contributed by atoms with Crippen LogP contribution in [0.2, 0.25) is 0 Å². The molecular weight excluding hydrogens is 334 g/mol. The molecule has 0 atom stereocenters. The van der Waals surface area contributed by atoms with E-state index in [1.165, 1.54) is 11.1 Å². The van der Waals surface area contributed by atoms with Crippen LogP contribution < -0.4 is 5.32 Å². The van der Waals surface area contributed by atoms with Crippen molar-refractivity contribution in [1.29, 1.82) is 0 Å². The van der Waals surface area contributed by atoms with E-state index in [0.29, 0.717) is 6.54 Å². The highest BCUT2D eigenvalue weighted by Gasteiger charge is 2.00. The van der Waals surface area contributed by atoms with Crippen LogP contribution in [0.25, 0.3) is 6.08 Å². The summed E-state index contributed by atoms with van der Waals surface area (Å²) in [6.45, 7) is 0.707. The van der Waals surface area contributed by atoms with E-state index in [0.717, 1.165) is 17.5 Å². The predicted molar refractivity (Wildman–Crippen MR) is 109 cm³/mol. The average molecular weight is 357 g/mol. The quantitative estimate of drug-likeness (QED) is 0.630. The van der Waals surface area contributed by atoms with Crippen molar-refractivity contribution < 1.29 is 9.53 Å². The predicted octanol–water partition coefficient (Wildman–Crippen LogP) is 5.22. The van der Waals surface area contributed by atoms with Gasteiger partial charge in [0.2, 0.25) is 0 Å². The van der Waals surface area contributed by atoms with E-state index in [1.807, 2.05) is 48.6 Å². The van der Waals surface area contributed by atoms with E-state index in [-0.39, 0.29) is 6.61 Å². The second-order valence-corrected chi connectivity index (χ2v) is 6.25. The third-order valence-electron chi connectivity index (χ3n) is 4.12. The molecule has 3 nitrogen and oxygen atoms in total. The molecule has 0 saturated carbocycles. The van der Waals surface area contributed by atoms with Crippen LogP contribution in [0.15, 0.2) is 91.0 Å². The van der Waals surface area contributed by atoms with Crippen molar-refractivity contribution >= 4 is 12.2 Å². The average Bonchev–Trinajstić information content (AvgIpc) is 2.72. The Kier molecular flexibility index (Phi) is 6.82. The molecule has 3 heteroatoms. The fourth-order valence-electron chi connectivity index (χ4n) is 2.69. The minimum atomic E-state index is -0.415. The highest BCUT2D eigenvalue weighted by atomic mass is 16.5. The molecule has 0 spiro atoms. The molecule has 27 heavy (non-hydrogen) atoms. The van der Waals surface area contributed by atoms with Crippen LogP contribution in [0.5, 0.6) is 0 Å². The summed E-state index contributed by atoms with van der Waals surface area (Å²) in [5.41, 5.74) is 4.66. The molecule has 3 rings (SSSR count). The number of nitrogens with one attached hydrogen (secondary N) is 1. The van der Waals surface area contributed by atoms with Gasteiger partial charge in [0.25, 0.3) is 0 Å². The number of ether oxygens (including phenoxy) is 1. The molecule has 0 saturated heterocycles. The van der Waals surface area contributed by atoms with Crippen molar-refractivity contribution in [2.45, 2.75) is 13.0 Å². The number of amides is 1. The summed E-state index contributed by atoms with van der Waals surface area (Å²) in [6.07, 6.45) is 4.42. The third-order valence-corrected chi connectivity index (χ3v) is 4.12. The number of carbonyl (C=O) groups is 1. The van der Waals surface area contributed by atoms with Crippen molar-refractivity contribution in [3.05, 3.63) is 113 Å². The van der Waals surface area contributed by atoms with E-state index in [1.54, 1.807) is 0 Å². The van der Waals surface area contributed by atoms with Crippen molar-refractivity contribution in [3.8, 4) is 0 Å². The van der Waals surface area contributed by atoms with Crippen molar-refractivity contribution in [1.82, 2.24) is 5.32 Å². The first-order valence-corrected chi connectivity index (χ1v) is 9.03. The van der Waals surface area contributed by atoms with Crippen LogP contribution >= 0.6 is 0 Å². The lowest BCUT2D eigenvalue weighted by molar-refractivity contribution is 0.141. The Hall–Kier alpha value is -3.33. The lowest BCUT2D eigenvalue weighted by atomic mass is 10.0. The zero-order chi connectivity index (χ0) is 18.7. The molecule has 0 aliphatic heterocycles. The zero-order valence-corrected chi connectivity index (χ0v) is 15.2. The first-order chi connectivity index (χ1) is 13.3. The molecule has 0 fully saturated rings. The van der Waals surface area contributed by atoms with E-state index < -0.39 is 6.09 Å². The summed E-state index contributed by atoms with van der Waals surface area (Å²) in [6, 6.07) is 28.5. The number of hydrogen-bond donors (Lipinski definition) is 1. The van der Waals surface area contributed by atoms with E-state index in [9.17, 15) is 4.79 Å². The minimum Gasteiger partial charge on any atom is -0.445 e. The first-order valence-electron chi connectivity index (χ1n) is 9.03. The second kappa shape index (κ2) is 9.97. The van der Waals surface area contributed by atoms with E-state index in [4.69, 9.17) is 4.74 Å². The maximum Gasteiger partial charge on any atom is 0.407 e. The van der Waals surface area contributed by atoms with Gasteiger partial charge < -0.3 is 10.1 Å². The molecule has 136 valence electrons. The van der Waals surface area contributed by atoms with Gasteiger partial charge in [-0.15, -0.1) is 0 Å². The highest BCUT2D eigenvalue weighted by Crippen LogP contribution is 2.11. The second-order valence-electron chi connectivity index (χ2n) is 6.25. The molecule has 0 unspecified atom stereocenters. The Labute approximate surface area is 160 Å². The summed E-state index contributed by atoms with van der Waals surface area (Å²) >= 11 is 0. The van der Waals surface area contributed by atoms with Crippen molar-refractivity contribution in [3.63, 3.8) is 0 Å². The van der Waals surface area contributed by atoms with Gasteiger partial charge in [0.15, 0.2) is 0 Å². The van der Waals surface area contributed by atoms with Crippen LogP contribution in [0.4, 0.5) is 4.79 Å². The van der Waals surface area contributed by atoms with Gasteiger partial charge in [0, 0.05) is 6.54 Å². The van der Waals surface area contributed by atoms with E-state index in [2.05, 4.69) is 53.8 Å². The molecule has 3 aromatic rings. The fourth-order valence-corrected chi connectivity index (χ4v) is 2.69. The standard InChI is InChI=1S/C24H23NO2/c26-24(27-19-23-10-5-2-6-11-23)25-17-7-12-20-13-15-22(16-14-20)18-21-8-3-1-4-9-21/h1-16H,17-19H2,(H,25,26). The van der Waals surface area contributed by atoms with Gasteiger partial charge in [-0.25, -0.2) is 4.79 Å². The minimum absolute atomic E-state index is 0.277. The van der Waals surface area contributed by atoms with Gasteiger partial charge in [-0.05, 0) is 28.7 Å². The van der Waals surface area contributed by atoms with Gasteiger partial charge in [-0.2, -0.15) is 0 Å². The van der Waals surface area contributed by atoms with Crippen LogP contribution in [-0.4, -0.2) is 12.6 Å². The highest BCUT2D eigenvalue weighted by molar-refractivity contribution is 5.67. The molecule has 3 aromatic carbocycles. The Morgan fingerprint density at radius 1 is 0.778 bits per heavy atom. The Morgan fingerprint density at radius 3 is 2.04 bits per heavy atom. The monoisotopic (exact) mass is 357 g/mol. The zero-order valence-electron chi connectivity index (χ0n) is 15.2. The molecule has 1 N–H and O–H groups in total.